The van der Waals surface area contributed by atoms with Crippen molar-refractivity contribution in [3.63, 3.8) is 0 Å². The average Bonchev–Trinajstić information content (AvgIpc) is 2.99. The molecule has 1 aliphatic heterocycles. The number of carbonyl (C=O) groups is 1. The number of benzene rings is 1. The van der Waals surface area contributed by atoms with Crippen molar-refractivity contribution < 1.29 is 18.5 Å². The molecule has 0 aliphatic carbocycles. The number of rotatable bonds is 2. The Hall–Kier alpha value is -1.93. The third kappa shape index (κ3) is 2.42. The van der Waals surface area contributed by atoms with E-state index in [1.807, 2.05) is 27.7 Å². The molecule has 0 saturated carbocycles. The Balaban J connectivity index is 2.11. The minimum atomic E-state index is -0.677. The highest BCUT2D eigenvalue weighted by Gasteiger charge is 2.52. The summed E-state index contributed by atoms with van der Waals surface area (Å²) in [6.45, 7) is 7.75. The third-order valence-corrected chi connectivity index (χ3v) is 4.57. The molecule has 0 atom stereocenters. The molecular formula is C15H19BFN3O3. The molecule has 1 amide bonds. The molecular weight excluding hydrogens is 300 g/mol. The van der Waals surface area contributed by atoms with E-state index in [9.17, 15) is 9.18 Å². The highest BCUT2D eigenvalue weighted by Crippen LogP contribution is 2.37. The van der Waals surface area contributed by atoms with Crippen LogP contribution < -0.4 is 10.8 Å². The molecule has 2 aromatic rings. The van der Waals surface area contributed by atoms with Crippen LogP contribution in [-0.2, 0) is 9.31 Å². The van der Waals surface area contributed by atoms with Crippen LogP contribution in [0.25, 0.3) is 11.0 Å². The van der Waals surface area contributed by atoms with Gasteiger partial charge in [-0.15, -0.1) is 0 Å². The van der Waals surface area contributed by atoms with Crippen LogP contribution in [0.15, 0.2) is 12.1 Å². The second-order valence-electron chi connectivity index (χ2n) is 6.61. The minimum absolute atomic E-state index is 0.0466. The highest BCUT2D eigenvalue weighted by molar-refractivity contribution is 6.64. The summed E-state index contributed by atoms with van der Waals surface area (Å²) in [5.41, 5.74) is 0.0562. The van der Waals surface area contributed by atoms with E-state index in [2.05, 4.69) is 15.3 Å². The van der Waals surface area contributed by atoms with Gasteiger partial charge in [0.15, 0.2) is 5.82 Å². The Morgan fingerprint density at radius 1 is 1.26 bits per heavy atom. The number of hydrogen-bond acceptors (Lipinski definition) is 4. The van der Waals surface area contributed by atoms with Gasteiger partial charge in [-0.1, -0.05) is 6.07 Å². The van der Waals surface area contributed by atoms with E-state index in [0.29, 0.717) is 11.0 Å². The van der Waals surface area contributed by atoms with Crippen molar-refractivity contribution in [2.24, 2.45) is 0 Å². The molecule has 8 heteroatoms. The normalized spacial score (nSPS) is 19.3. The summed E-state index contributed by atoms with van der Waals surface area (Å²) >= 11 is 0. The van der Waals surface area contributed by atoms with Crippen LogP contribution in [0.4, 0.5) is 4.39 Å². The summed E-state index contributed by atoms with van der Waals surface area (Å²) in [4.78, 5) is 18.7. The summed E-state index contributed by atoms with van der Waals surface area (Å²) in [5, 5.41) is 2.46. The Morgan fingerprint density at radius 2 is 1.87 bits per heavy atom. The van der Waals surface area contributed by atoms with Gasteiger partial charge in [-0.3, -0.25) is 4.79 Å². The highest BCUT2D eigenvalue weighted by atomic mass is 19.1. The fourth-order valence-corrected chi connectivity index (χ4v) is 2.47. The summed E-state index contributed by atoms with van der Waals surface area (Å²) in [5.74, 6) is -0.853. The number of hydrogen-bond donors (Lipinski definition) is 2. The summed E-state index contributed by atoms with van der Waals surface area (Å²) < 4.78 is 26.0. The van der Waals surface area contributed by atoms with Crippen LogP contribution in [0.1, 0.15) is 38.3 Å². The van der Waals surface area contributed by atoms with Gasteiger partial charge < -0.3 is 19.6 Å². The first-order chi connectivity index (χ1) is 10.7. The van der Waals surface area contributed by atoms with Crippen LogP contribution in [0.5, 0.6) is 0 Å². The summed E-state index contributed by atoms with van der Waals surface area (Å²) in [7, 11) is 0.810. The fraction of sp³-hybridized carbons (Fsp3) is 0.467. The molecule has 1 aliphatic rings. The number of carbonyl (C=O) groups excluding carboxylic acids is 1. The Morgan fingerprint density at radius 3 is 2.43 bits per heavy atom. The molecule has 122 valence electrons. The Kier molecular flexibility index (Phi) is 3.49. The molecule has 6 nitrogen and oxygen atoms in total. The molecule has 2 heterocycles. The number of aromatic nitrogens is 2. The van der Waals surface area contributed by atoms with E-state index in [4.69, 9.17) is 9.31 Å². The monoisotopic (exact) mass is 319 g/mol. The number of amides is 1. The van der Waals surface area contributed by atoms with Gasteiger partial charge in [0, 0.05) is 12.5 Å². The predicted molar refractivity (Wildman–Crippen MR) is 85.2 cm³/mol. The molecule has 1 saturated heterocycles. The van der Waals surface area contributed by atoms with E-state index in [1.54, 1.807) is 6.07 Å². The maximum Gasteiger partial charge on any atom is 0.497 e. The predicted octanol–water partition coefficient (Wildman–Crippen LogP) is 1.36. The summed E-state index contributed by atoms with van der Waals surface area (Å²) in [6.07, 6.45) is 0. The number of halogens is 1. The van der Waals surface area contributed by atoms with E-state index in [1.165, 1.54) is 13.1 Å². The van der Waals surface area contributed by atoms with Crippen molar-refractivity contribution >= 4 is 29.5 Å². The van der Waals surface area contributed by atoms with Gasteiger partial charge in [0.1, 0.15) is 11.3 Å². The van der Waals surface area contributed by atoms with Crippen molar-refractivity contribution in [2.45, 2.75) is 38.9 Å². The molecule has 23 heavy (non-hydrogen) atoms. The van der Waals surface area contributed by atoms with E-state index >= 15 is 0 Å². The lowest BCUT2D eigenvalue weighted by molar-refractivity contribution is 0.00578. The zero-order valence-corrected chi connectivity index (χ0v) is 13.8. The van der Waals surface area contributed by atoms with Crippen molar-refractivity contribution in [3.8, 4) is 0 Å². The molecule has 0 bridgehead atoms. The molecule has 1 aromatic heterocycles. The lowest BCUT2D eigenvalue weighted by atomic mass is 9.78. The van der Waals surface area contributed by atoms with Gasteiger partial charge in [0.2, 0.25) is 0 Å². The minimum Gasteiger partial charge on any atom is -0.399 e. The second-order valence-corrected chi connectivity index (χ2v) is 6.61. The number of fused-ring (bicyclic) bond motifs is 1. The van der Waals surface area contributed by atoms with Crippen molar-refractivity contribution in [1.82, 2.24) is 15.3 Å². The van der Waals surface area contributed by atoms with E-state index in [0.717, 1.165) is 0 Å². The lowest BCUT2D eigenvalue weighted by Gasteiger charge is -2.32. The standard InChI is InChI=1S/C15H19BFN3O3/c1-14(2)15(3,4)23-16(22-14)8-6-7-9(17)11-10(8)19-12(20-11)13(21)18-5/h6-7H,1-5H3,(H,18,21)(H,19,20). The lowest BCUT2D eigenvalue weighted by Crippen LogP contribution is -2.41. The first kappa shape index (κ1) is 16.0. The second kappa shape index (κ2) is 5.04. The molecule has 0 spiro atoms. The topological polar surface area (TPSA) is 76.2 Å². The van der Waals surface area contributed by atoms with Gasteiger partial charge in [-0.05, 0) is 33.8 Å². The van der Waals surface area contributed by atoms with Gasteiger partial charge in [-0.2, -0.15) is 0 Å². The van der Waals surface area contributed by atoms with Gasteiger partial charge in [0.25, 0.3) is 5.91 Å². The van der Waals surface area contributed by atoms with Crippen LogP contribution in [0, 0.1) is 5.82 Å². The SMILES string of the molecule is CNC(=O)c1nc2c(B3OC(C)(C)C(C)(C)O3)ccc(F)c2[nH]1. The number of H-pyrrole nitrogens is 1. The molecule has 0 unspecified atom stereocenters. The zero-order valence-electron chi connectivity index (χ0n) is 13.8. The molecule has 2 N–H and O–H groups in total. The first-order valence-corrected chi connectivity index (χ1v) is 7.42. The number of nitrogens with one attached hydrogen (secondary N) is 2. The number of aromatic amines is 1. The molecule has 0 radical (unpaired) electrons. The third-order valence-electron chi connectivity index (χ3n) is 4.57. The maximum atomic E-state index is 14.1. The van der Waals surface area contributed by atoms with Crippen LogP contribution in [-0.4, -0.2) is 41.2 Å². The smallest absolute Gasteiger partial charge is 0.399 e. The Bertz CT molecular complexity index is 772. The van der Waals surface area contributed by atoms with Crippen molar-refractivity contribution in [3.05, 3.63) is 23.8 Å². The molecule has 1 aromatic carbocycles. The maximum absolute atomic E-state index is 14.1. The Labute approximate surface area is 133 Å². The first-order valence-electron chi connectivity index (χ1n) is 7.42. The number of imidazole rings is 1. The molecule has 3 rings (SSSR count). The largest absolute Gasteiger partial charge is 0.497 e. The summed E-state index contributed by atoms with van der Waals surface area (Å²) in [6, 6.07) is 2.89. The quantitative estimate of drug-likeness (QED) is 0.820. The van der Waals surface area contributed by atoms with Gasteiger partial charge >= 0.3 is 7.12 Å². The molecule has 1 fully saturated rings. The van der Waals surface area contributed by atoms with Crippen molar-refractivity contribution in [2.75, 3.05) is 7.05 Å². The van der Waals surface area contributed by atoms with Crippen LogP contribution in [0.3, 0.4) is 0 Å². The fourth-order valence-electron chi connectivity index (χ4n) is 2.47. The van der Waals surface area contributed by atoms with Gasteiger partial charge in [0.05, 0.1) is 16.7 Å². The zero-order chi connectivity index (χ0) is 17.0. The van der Waals surface area contributed by atoms with Crippen LogP contribution in [0.2, 0.25) is 0 Å². The average molecular weight is 319 g/mol. The number of nitrogens with zero attached hydrogens (tertiary/aromatic N) is 1. The van der Waals surface area contributed by atoms with E-state index in [-0.39, 0.29) is 11.3 Å². The van der Waals surface area contributed by atoms with Crippen molar-refractivity contribution in [1.29, 1.82) is 0 Å². The van der Waals surface area contributed by atoms with Gasteiger partial charge in [-0.25, -0.2) is 9.37 Å². The van der Waals surface area contributed by atoms with E-state index < -0.39 is 30.0 Å². The van der Waals surface area contributed by atoms with Crippen LogP contribution >= 0.6 is 0 Å².